The summed E-state index contributed by atoms with van der Waals surface area (Å²) >= 11 is 0. The average molecular weight is 250 g/mol. The minimum atomic E-state index is -5.01. The zero-order chi connectivity index (χ0) is 13.1. The Morgan fingerprint density at radius 3 is 2.53 bits per heavy atom. The van der Waals surface area contributed by atoms with Crippen LogP contribution in [-0.4, -0.2) is 16.5 Å². The molecule has 0 fully saturated rings. The highest BCUT2D eigenvalue weighted by molar-refractivity contribution is 5.40. The fourth-order valence-electron chi connectivity index (χ4n) is 1.08. The molecule has 1 rings (SSSR count). The van der Waals surface area contributed by atoms with Gasteiger partial charge in [-0.3, -0.25) is 0 Å². The highest BCUT2D eigenvalue weighted by Gasteiger charge is 2.33. The molecule has 0 saturated heterocycles. The summed E-state index contributed by atoms with van der Waals surface area (Å²) in [6, 6.07) is 2.22. The standard InChI is InChI=1S/C9H6F4N2O2/c10-4-6-8(17-9(11,12)13)3-7(16)5(15-6)1-2-14/h3,16H,1,4H2. The second kappa shape index (κ2) is 4.86. The minimum Gasteiger partial charge on any atom is -0.506 e. The van der Waals surface area contributed by atoms with Gasteiger partial charge < -0.3 is 9.84 Å². The van der Waals surface area contributed by atoms with E-state index < -0.39 is 30.2 Å². The van der Waals surface area contributed by atoms with Crippen molar-refractivity contribution >= 4 is 0 Å². The molecule has 92 valence electrons. The summed E-state index contributed by atoms with van der Waals surface area (Å²) in [6.45, 7) is -1.30. The Balaban J connectivity index is 3.15. The van der Waals surface area contributed by atoms with Crippen molar-refractivity contribution < 1.29 is 27.4 Å². The number of hydrogen-bond donors (Lipinski definition) is 1. The maximum absolute atomic E-state index is 12.4. The largest absolute Gasteiger partial charge is 0.573 e. The zero-order valence-electron chi connectivity index (χ0n) is 8.25. The van der Waals surface area contributed by atoms with E-state index in [4.69, 9.17) is 5.26 Å². The summed E-state index contributed by atoms with van der Waals surface area (Å²) in [6.07, 6.45) is -5.35. The van der Waals surface area contributed by atoms with Crippen molar-refractivity contribution in [3.63, 3.8) is 0 Å². The van der Waals surface area contributed by atoms with E-state index in [-0.39, 0.29) is 12.1 Å². The van der Waals surface area contributed by atoms with Crippen LogP contribution in [0.5, 0.6) is 11.5 Å². The molecule has 17 heavy (non-hydrogen) atoms. The monoisotopic (exact) mass is 250 g/mol. The van der Waals surface area contributed by atoms with Crippen molar-refractivity contribution in [2.24, 2.45) is 0 Å². The van der Waals surface area contributed by atoms with Crippen LogP contribution in [0.1, 0.15) is 11.4 Å². The molecular formula is C9H6F4N2O2. The second-order valence-electron chi connectivity index (χ2n) is 2.92. The first-order valence-corrected chi connectivity index (χ1v) is 4.27. The van der Waals surface area contributed by atoms with Crippen molar-refractivity contribution in [3.05, 3.63) is 17.5 Å². The molecule has 0 spiro atoms. The number of hydrogen-bond acceptors (Lipinski definition) is 4. The molecule has 4 nitrogen and oxygen atoms in total. The molecule has 0 amide bonds. The molecule has 0 unspecified atom stereocenters. The molecule has 0 saturated carbocycles. The third-order valence-corrected chi connectivity index (χ3v) is 1.72. The van der Waals surface area contributed by atoms with Crippen LogP contribution in [0.3, 0.4) is 0 Å². The SMILES string of the molecule is N#CCc1nc(CF)c(OC(F)(F)F)cc1O. The molecule has 0 aromatic carbocycles. The number of aromatic hydroxyl groups is 1. The van der Waals surface area contributed by atoms with Gasteiger partial charge in [-0.1, -0.05) is 0 Å². The summed E-state index contributed by atoms with van der Waals surface area (Å²) in [5.74, 6) is -1.57. The third-order valence-electron chi connectivity index (χ3n) is 1.72. The predicted octanol–water partition coefficient (Wildman–Crippen LogP) is 2.22. The molecular weight excluding hydrogens is 244 g/mol. The molecule has 1 N–H and O–H groups in total. The topological polar surface area (TPSA) is 66.1 Å². The van der Waals surface area contributed by atoms with Gasteiger partial charge in [0.25, 0.3) is 0 Å². The van der Waals surface area contributed by atoms with Crippen LogP contribution in [0.25, 0.3) is 0 Å². The van der Waals surface area contributed by atoms with E-state index in [0.717, 1.165) is 0 Å². The molecule has 0 bridgehead atoms. The second-order valence-corrected chi connectivity index (χ2v) is 2.92. The number of pyridine rings is 1. The van der Waals surface area contributed by atoms with E-state index in [1.807, 2.05) is 0 Å². The van der Waals surface area contributed by atoms with Gasteiger partial charge in [0.2, 0.25) is 0 Å². The maximum atomic E-state index is 12.4. The Morgan fingerprint density at radius 1 is 1.41 bits per heavy atom. The molecule has 8 heteroatoms. The van der Waals surface area contributed by atoms with E-state index in [2.05, 4.69) is 9.72 Å². The fraction of sp³-hybridized carbons (Fsp3) is 0.333. The first-order chi connectivity index (χ1) is 7.87. The van der Waals surface area contributed by atoms with Crippen molar-refractivity contribution in [2.75, 3.05) is 0 Å². The van der Waals surface area contributed by atoms with Gasteiger partial charge >= 0.3 is 6.36 Å². The quantitative estimate of drug-likeness (QED) is 0.835. The first kappa shape index (κ1) is 13.0. The molecule has 1 aromatic rings. The molecule has 0 aliphatic rings. The fourth-order valence-corrected chi connectivity index (χ4v) is 1.08. The van der Waals surface area contributed by atoms with Gasteiger partial charge in [-0.25, -0.2) is 9.37 Å². The lowest BCUT2D eigenvalue weighted by molar-refractivity contribution is -0.275. The lowest BCUT2D eigenvalue weighted by Crippen LogP contribution is -2.18. The molecule has 1 aromatic heterocycles. The zero-order valence-corrected chi connectivity index (χ0v) is 8.25. The van der Waals surface area contributed by atoms with Crippen molar-refractivity contribution in [2.45, 2.75) is 19.5 Å². The normalized spacial score (nSPS) is 11.0. The summed E-state index contributed by atoms with van der Waals surface area (Å²) in [4.78, 5) is 3.39. The van der Waals surface area contributed by atoms with Gasteiger partial charge in [0, 0.05) is 6.07 Å². The van der Waals surface area contributed by atoms with E-state index in [9.17, 15) is 22.7 Å². The van der Waals surface area contributed by atoms with E-state index in [0.29, 0.717) is 6.07 Å². The van der Waals surface area contributed by atoms with Crippen LogP contribution in [-0.2, 0) is 13.1 Å². The summed E-state index contributed by atoms with van der Waals surface area (Å²) < 4.78 is 51.7. The van der Waals surface area contributed by atoms with Gasteiger partial charge in [-0.15, -0.1) is 13.2 Å². The van der Waals surface area contributed by atoms with Crippen LogP contribution >= 0.6 is 0 Å². The van der Waals surface area contributed by atoms with Crippen LogP contribution in [0.15, 0.2) is 6.07 Å². The summed E-state index contributed by atoms with van der Waals surface area (Å²) in [5.41, 5.74) is -0.819. The van der Waals surface area contributed by atoms with Gasteiger partial charge in [0.05, 0.1) is 18.2 Å². The van der Waals surface area contributed by atoms with Gasteiger partial charge in [-0.2, -0.15) is 5.26 Å². The molecule has 0 atom stereocenters. The number of halogens is 4. The molecule has 0 radical (unpaired) electrons. The highest BCUT2D eigenvalue weighted by Crippen LogP contribution is 2.30. The Labute approximate surface area is 93.1 Å². The number of nitriles is 1. The smallest absolute Gasteiger partial charge is 0.506 e. The van der Waals surface area contributed by atoms with Crippen molar-refractivity contribution in [3.8, 4) is 17.6 Å². The van der Waals surface area contributed by atoms with E-state index in [1.54, 1.807) is 6.07 Å². The number of aromatic nitrogens is 1. The lowest BCUT2D eigenvalue weighted by atomic mass is 10.2. The Morgan fingerprint density at radius 2 is 2.06 bits per heavy atom. The number of nitrogens with zero attached hydrogens (tertiary/aromatic N) is 2. The lowest BCUT2D eigenvalue weighted by Gasteiger charge is -2.12. The van der Waals surface area contributed by atoms with Gasteiger partial charge in [0.15, 0.2) is 5.75 Å². The number of alkyl halides is 4. The predicted molar refractivity (Wildman–Crippen MR) is 46.7 cm³/mol. The Bertz CT molecular complexity index is 454. The van der Waals surface area contributed by atoms with Crippen LogP contribution in [0, 0.1) is 11.3 Å². The third kappa shape index (κ3) is 3.48. The summed E-state index contributed by atoms with van der Waals surface area (Å²) in [5, 5.41) is 17.6. The van der Waals surface area contributed by atoms with Crippen LogP contribution in [0.2, 0.25) is 0 Å². The highest BCUT2D eigenvalue weighted by atomic mass is 19.4. The Hall–Kier alpha value is -2.04. The number of ether oxygens (including phenoxy) is 1. The molecule has 0 aliphatic carbocycles. The van der Waals surface area contributed by atoms with Gasteiger partial charge in [0.1, 0.15) is 18.1 Å². The van der Waals surface area contributed by atoms with Crippen molar-refractivity contribution in [1.29, 1.82) is 5.26 Å². The van der Waals surface area contributed by atoms with E-state index >= 15 is 0 Å². The minimum absolute atomic E-state index is 0.199. The van der Waals surface area contributed by atoms with Gasteiger partial charge in [-0.05, 0) is 0 Å². The maximum Gasteiger partial charge on any atom is 0.573 e. The summed E-state index contributed by atoms with van der Waals surface area (Å²) in [7, 11) is 0. The molecule has 0 aliphatic heterocycles. The van der Waals surface area contributed by atoms with Crippen LogP contribution < -0.4 is 4.74 Å². The number of rotatable bonds is 3. The van der Waals surface area contributed by atoms with Crippen LogP contribution in [0.4, 0.5) is 17.6 Å². The van der Waals surface area contributed by atoms with E-state index in [1.165, 1.54) is 0 Å². The van der Waals surface area contributed by atoms with Crippen molar-refractivity contribution in [1.82, 2.24) is 4.98 Å². The average Bonchev–Trinajstić information content (AvgIpc) is 2.20. The first-order valence-electron chi connectivity index (χ1n) is 4.27. The molecule has 1 heterocycles. The Kier molecular flexibility index (Phi) is 3.73.